The molecular weight excluding hydrogens is 244 g/mol. The summed E-state index contributed by atoms with van der Waals surface area (Å²) >= 11 is 1.50. The van der Waals surface area contributed by atoms with Crippen molar-refractivity contribution < 1.29 is 0 Å². The van der Waals surface area contributed by atoms with Crippen molar-refractivity contribution in [1.82, 2.24) is 9.97 Å². The van der Waals surface area contributed by atoms with Gasteiger partial charge in [-0.3, -0.25) is 4.98 Å². The van der Waals surface area contributed by atoms with Crippen LogP contribution in [0.15, 0.2) is 24.5 Å². The number of thiazole rings is 1. The van der Waals surface area contributed by atoms with Crippen LogP contribution < -0.4 is 5.73 Å². The molecule has 2 aromatic heterocycles. The number of hydrogen-bond acceptors (Lipinski definition) is 5. The number of nitrogens with zero attached hydrogens (tertiary/aromatic N) is 3. The third kappa shape index (κ3) is 2.24. The first-order valence-corrected chi connectivity index (χ1v) is 6.19. The molecule has 0 radical (unpaired) electrons. The molecule has 0 fully saturated rings. The van der Waals surface area contributed by atoms with Gasteiger partial charge in [0.25, 0.3) is 0 Å². The minimum Gasteiger partial charge on any atom is -0.396 e. The summed E-state index contributed by atoms with van der Waals surface area (Å²) in [5.74, 6) is 0. The molecule has 0 aliphatic heterocycles. The highest BCUT2D eigenvalue weighted by Gasteiger charge is 2.13. The van der Waals surface area contributed by atoms with Crippen LogP contribution >= 0.6 is 11.3 Å². The SMILES string of the molecule is Cc1nc(C)c(/C(N)=C(/C#N)c2ccncc2)s1. The Morgan fingerprint density at radius 2 is 2.00 bits per heavy atom. The minimum atomic E-state index is 0.462. The molecule has 0 atom stereocenters. The number of allylic oxidation sites excluding steroid dienone is 1. The van der Waals surface area contributed by atoms with E-state index < -0.39 is 0 Å². The summed E-state index contributed by atoms with van der Waals surface area (Å²) in [5, 5.41) is 10.2. The highest BCUT2D eigenvalue weighted by Crippen LogP contribution is 2.28. The summed E-state index contributed by atoms with van der Waals surface area (Å²) in [6, 6.07) is 5.70. The second-order valence-electron chi connectivity index (χ2n) is 3.78. The largest absolute Gasteiger partial charge is 0.396 e. The quantitative estimate of drug-likeness (QED) is 0.838. The predicted molar refractivity (Wildman–Crippen MR) is 72.4 cm³/mol. The molecule has 0 aliphatic rings. The van der Waals surface area contributed by atoms with Crippen molar-refractivity contribution in [2.75, 3.05) is 0 Å². The van der Waals surface area contributed by atoms with Gasteiger partial charge >= 0.3 is 0 Å². The topological polar surface area (TPSA) is 75.6 Å². The molecule has 5 heteroatoms. The van der Waals surface area contributed by atoms with Crippen LogP contribution in [-0.4, -0.2) is 9.97 Å². The number of aromatic nitrogens is 2. The molecule has 4 nitrogen and oxygen atoms in total. The Kier molecular flexibility index (Phi) is 3.40. The van der Waals surface area contributed by atoms with Crippen molar-refractivity contribution in [3.05, 3.63) is 45.7 Å². The highest BCUT2D eigenvalue weighted by atomic mass is 32.1. The predicted octanol–water partition coefficient (Wildman–Crippen LogP) is 2.51. The molecule has 2 rings (SSSR count). The van der Waals surface area contributed by atoms with E-state index in [-0.39, 0.29) is 0 Å². The van der Waals surface area contributed by atoms with Crippen molar-refractivity contribution >= 4 is 22.6 Å². The summed E-state index contributed by atoms with van der Waals surface area (Å²) in [7, 11) is 0. The van der Waals surface area contributed by atoms with Gasteiger partial charge < -0.3 is 5.73 Å². The lowest BCUT2D eigenvalue weighted by Crippen LogP contribution is -2.00. The third-order valence-corrected chi connectivity index (χ3v) is 3.60. The van der Waals surface area contributed by atoms with Crippen molar-refractivity contribution in [3.63, 3.8) is 0 Å². The standard InChI is InChI=1S/C13H12N4S/c1-8-13(18-9(2)17-8)12(15)11(7-14)10-3-5-16-6-4-10/h3-6H,15H2,1-2H3/b12-11+. The molecule has 0 bridgehead atoms. The normalized spacial score (nSPS) is 11.8. The van der Waals surface area contributed by atoms with Crippen molar-refractivity contribution in [2.24, 2.45) is 5.73 Å². The van der Waals surface area contributed by atoms with Crippen LogP contribution in [0.3, 0.4) is 0 Å². The Balaban J connectivity index is 2.58. The molecule has 18 heavy (non-hydrogen) atoms. The summed E-state index contributed by atoms with van der Waals surface area (Å²) < 4.78 is 0. The average Bonchev–Trinajstić information content (AvgIpc) is 2.70. The smallest absolute Gasteiger partial charge is 0.102 e. The fourth-order valence-electron chi connectivity index (χ4n) is 1.69. The van der Waals surface area contributed by atoms with E-state index in [0.717, 1.165) is 21.1 Å². The average molecular weight is 256 g/mol. The second kappa shape index (κ2) is 4.98. The lowest BCUT2D eigenvalue weighted by Gasteiger charge is -2.04. The number of nitrogens with two attached hydrogens (primary N) is 1. The highest BCUT2D eigenvalue weighted by molar-refractivity contribution is 7.12. The molecule has 0 unspecified atom stereocenters. The van der Waals surface area contributed by atoms with Crippen LogP contribution in [0.1, 0.15) is 21.1 Å². The van der Waals surface area contributed by atoms with Gasteiger partial charge in [-0.25, -0.2) is 4.98 Å². The van der Waals surface area contributed by atoms with Gasteiger partial charge in [0.1, 0.15) is 6.07 Å². The van der Waals surface area contributed by atoms with Gasteiger partial charge in [-0.05, 0) is 31.5 Å². The van der Waals surface area contributed by atoms with Gasteiger partial charge in [0.15, 0.2) is 0 Å². The van der Waals surface area contributed by atoms with Crippen LogP contribution in [0.5, 0.6) is 0 Å². The maximum absolute atomic E-state index is 9.28. The number of rotatable bonds is 2. The molecule has 0 saturated carbocycles. The number of hydrogen-bond donors (Lipinski definition) is 1. The first-order chi connectivity index (χ1) is 8.63. The zero-order valence-corrected chi connectivity index (χ0v) is 11.0. The monoisotopic (exact) mass is 256 g/mol. The molecule has 2 N–H and O–H groups in total. The lowest BCUT2D eigenvalue weighted by molar-refractivity contribution is 1.19. The second-order valence-corrected chi connectivity index (χ2v) is 4.99. The molecule has 0 spiro atoms. The third-order valence-electron chi connectivity index (χ3n) is 2.50. The maximum atomic E-state index is 9.28. The number of aryl methyl sites for hydroxylation is 2. The van der Waals surface area contributed by atoms with Gasteiger partial charge in [-0.1, -0.05) is 0 Å². The van der Waals surface area contributed by atoms with Crippen LogP contribution in [0.4, 0.5) is 0 Å². The van der Waals surface area contributed by atoms with Gasteiger partial charge in [-0.15, -0.1) is 11.3 Å². The first-order valence-electron chi connectivity index (χ1n) is 5.38. The zero-order valence-electron chi connectivity index (χ0n) is 10.1. The van der Waals surface area contributed by atoms with Crippen molar-refractivity contribution in [1.29, 1.82) is 5.26 Å². The molecule has 0 aromatic carbocycles. The van der Waals surface area contributed by atoms with Crippen molar-refractivity contribution in [2.45, 2.75) is 13.8 Å². The van der Waals surface area contributed by atoms with Gasteiger partial charge in [-0.2, -0.15) is 5.26 Å². The maximum Gasteiger partial charge on any atom is 0.102 e. The fraction of sp³-hybridized carbons (Fsp3) is 0.154. The van der Waals surface area contributed by atoms with Gasteiger partial charge in [0.05, 0.1) is 26.8 Å². The first kappa shape index (κ1) is 12.3. The van der Waals surface area contributed by atoms with E-state index in [1.54, 1.807) is 24.5 Å². The molecule has 0 amide bonds. The number of pyridine rings is 1. The molecule has 2 aromatic rings. The van der Waals surface area contributed by atoms with E-state index in [2.05, 4.69) is 16.0 Å². The minimum absolute atomic E-state index is 0.462. The Hall–Kier alpha value is -2.19. The summed E-state index contributed by atoms with van der Waals surface area (Å²) in [4.78, 5) is 9.12. The van der Waals surface area contributed by atoms with Crippen LogP contribution in [-0.2, 0) is 0 Å². The van der Waals surface area contributed by atoms with E-state index in [1.165, 1.54) is 11.3 Å². The Labute approximate surface area is 109 Å². The van der Waals surface area contributed by atoms with E-state index in [4.69, 9.17) is 5.73 Å². The lowest BCUT2D eigenvalue weighted by atomic mass is 10.1. The van der Waals surface area contributed by atoms with Crippen molar-refractivity contribution in [3.8, 4) is 6.07 Å². The molecule has 2 heterocycles. The molecule has 0 aliphatic carbocycles. The summed E-state index contributed by atoms with van der Waals surface area (Å²) in [6.45, 7) is 3.82. The Morgan fingerprint density at radius 1 is 1.33 bits per heavy atom. The van der Waals surface area contributed by atoms with E-state index in [9.17, 15) is 5.26 Å². The van der Waals surface area contributed by atoms with Crippen LogP contribution in [0.2, 0.25) is 0 Å². The molecule has 0 saturated heterocycles. The zero-order chi connectivity index (χ0) is 13.1. The molecule has 90 valence electrons. The Bertz CT molecular complexity index is 635. The van der Waals surface area contributed by atoms with E-state index in [1.807, 2.05) is 13.8 Å². The molecular formula is C13H12N4S. The van der Waals surface area contributed by atoms with E-state index in [0.29, 0.717) is 11.3 Å². The van der Waals surface area contributed by atoms with Crippen LogP contribution in [0.25, 0.3) is 11.3 Å². The van der Waals surface area contributed by atoms with Crippen LogP contribution in [0, 0.1) is 25.2 Å². The van der Waals surface area contributed by atoms with E-state index >= 15 is 0 Å². The van der Waals surface area contributed by atoms with Gasteiger partial charge in [0.2, 0.25) is 0 Å². The Morgan fingerprint density at radius 3 is 2.50 bits per heavy atom. The number of nitriles is 1. The van der Waals surface area contributed by atoms with Gasteiger partial charge in [0, 0.05) is 12.4 Å². The summed E-state index contributed by atoms with van der Waals surface area (Å²) in [6.07, 6.45) is 3.29. The fourth-order valence-corrected chi connectivity index (χ4v) is 2.58. The summed E-state index contributed by atoms with van der Waals surface area (Å²) in [5.41, 5.74) is 8.68.